The zero-order valence-electron chi connectivity index (χ0n) is 19.9. The summed E-state index contributed by atoms with van der Waals surface area (Å²) in [6.45, 7) is 2.25. The van der Waals surface area contributed by atoms with Gasteiger partial charge in [0.25, 0.3) is 12.3 Å². The van der Waals surface area contributed by atoms with E-state index in [2.05, 4.69) is 21.3 Å². The molecule has 36 heavy (non-hydrogen) atoms. The number of amides is 1. The summed E-state index contributed by atoms with van der Waals surface area (Å²) in [4.78, 5) is 19.1. The first kappa shape index (κ1) is 24.0. The first-order valence-corrected chi connectivity index (χ1v) is 12.1. The Kier molecular flexibility index (Phi) is 6.29. The van der Waals surface area contributed by atoms with Gasteiger partial charge in [-0.05, 0) is 48.9 Å². The Morgan fingerprint density at radius 3 is 2.56 bits per heavy atom. The number of carbonyl (C=O) groups excluding carboxylic acids is 1. The number of rotatable bonds is 5. The van der Waals surface area contributed by atoms with Gasteiger partial charge in [-0.25, -0.2) is 18.2 Å². The van der Waals surface area contributed by atoms with Gasteiger partial charge < -0.3 is 4.90 Å². The topological polar surface area (TPSA) is 85.7 Å². The summed E-state index contributed by atoms with van der Waals surface area (Å²) in [5.74, 6) is -0.324. The molecule has 2 fully saturated rings. The van der Waals surface area contributed by atoms with Crippen LogP contribution >= 0.6 is 0 Å². The molecule has 1 aliphatic heterocycles. The van der Waals surface area contributed by atoms with Gasteiger partial charge in [0.15, 0.2) is 11.6 Å². The van der Waals surface area contributed by atoms with Crippen molar-refractivity contribution in [3.63, 3.8) is 0 Å². The van der Waals surface area contributed by atoms with Crippen molar-refractivity contribution >= 4 is 5.91 Å². The molecule has 186 valence electrons. The van der Waals surface area contributed by atoms with Gasteiger partial charge in [-0.2, -0.15) is 10.4 Å². The maximum Gasteiger partial charge on any atom is 0.296 e. The van der Waals surface area contributed by atoms with Crippen molar-refractivity contribution in [3.8, 4) is 17.5 Å². The number of H-pyrrole nitrogens is 1. The van der Waals surface area contributed by atoms with Crippen molar-refractivity contribution in [1.29, 1.82) is 5.26 Å². The minimum Gasteiger partial charge on any atom is -0.338 e. The molecular formula is C27H26F3N5O. The van der Waals surface area contributed by atoms with Crippen LogP contribution in [0, 0.1) is 18.3 Å². The van der Waals surface area contributed by atoms with Crippen LogP contribution in [-0.2, 0) is 5.67 Å². The molecule has 0 radical (unpaired) electrons. The molecule has 1 aromatic heterocycles. The number of aromatic amines is 1. The number of hydrogen-bond acceptors (Lipinski definition) is 4. The highest BCUT2D eigenvalue weighted by Crippen LogP contribution is 2.43. The normalized spacial score (nSPS) is 17.6. The van der Waals surface area contributed by atoms with Crippen LogP contribution in [0.1, 0.15) is 82.9 Å². The molecular weight excluding hydrogens is 467 g/mol. The van der Waals surface area contributed by atoms with E-state index in [0.717, 1.165) is 30.4 Å². The number of nitrogens with one attached hydrogen (secondary N) is 1. The lowest BCUT2D eigenvalue weighted by Gasteiger charge is -2.37. The molecule has 6 nitrogen and oxygen atoms in total. The Morgan fingerprint density at radius 1 is 1.22 bits per heavy atom. The van der Waals surface area contributed by atoms with Gasteiger partial charge >= 0.3 is 0 Å². The standard InChI is InChI=1S/C27H26F3N5O/c1-16-13-20(17-6-4-7-17)21(24-32-25(23(28)29)34-33-24)14-19(16)26(36)35-11-9-27(30,10-12-35)22-8-3-2-5-18(22)15-31/h2-3,5,8,13-14,17,23H,4,6-7,9-12H2,1H3,(H,32,33,34). The second-order valence-electron chi connectivity index (χ2n) is 9.64. The second-order valence-corrected chi connectivity index (χ2v) is 9.64. The number of halogens is 3. The monoisotopic (exact) mass is 493 g/mol. The number of carbonyl (C=O) groups is 1. The highest BCUT2D eigenvalue weighted by atomic mass is 19.3. The lowest BCUT2D eigenvalue weighted by atomic mass is 9.77. The molecule has 0 bridgehead atoms. The Morgan fingerprint density at radius 2 is 1.94 bits per heavy atom. The van der Waals surface area contributed by atoms with Crippen molar-refractivity contribution < 1.29 is 18.0 Å². The highest BCUT2D eigenvalue weighted by molar-refractivity contribution is 5.97. The second kappa shape index (κ2) is 9.41. The number of hydrogen-bond donors (Lipinski definition) is 1. The highest BCUT2D eigenvalue weighted by Gasteiger charge is 2.39. The Balaban J connectivity index is 1.42. The third kappa shape index (κ3) is 4.25. The van der Waals surface area contributed by atoms with E-state index in [1.807, 2.05) is 13.0 Å². The third-order valence-electron chi connectivity index (χ3n) is 7.50. The van der Waals surface area contributed by atoms with Gasteiger partial charge in [0.05, 0.1) is 11.6 Å². The molecule has 1 amide bonds. The smallest absolute Gasteiger partial charge is 0.296 e. The zero-order valence-corrected chi connectivity index (χ0v) is 19.9. The Hall–Kier alpha value is -3.67. The van der Waals surface area contributed by atoms with E-state index in [4.69, 9.17) is 0 Å². The van der Waals surface area contributed by atoms with Crippen LogP contribution < -0.4 is 0 Å². The van der Waals surface area contributed by atoms with Crippen LogP contribution in [-0.4, -0.2) is 39.1 Å². The number of aromatic nitrogens is 3. The van der Waals surface area contributed by atoms with Crippen LogP contribution in [0.3, 0.4) is 0 Å². The van der Waals surface area contributed by atoms with Crippen LogP contribution in [0.25, 0.3) is 11.4 Å². The molecule has 1 saturated heterocycles. The molecule has 0 spiro atoms. The molecule has 1 saturated carbocycles. The van der Waals surface area contributed by atoms with E-state index < -0.39 is 17.9 Å². The van der Waals surface area contributed by atoms with Crippen molar-refractivity contribution in [1.82, 2.24) is 20.1 Å². The lowest BCUT2D eigenvalue weighted by Crippen LogP contribution is -2.43. The number of aryl methyl sites for hydroxylation is 1. The number of benzene rings is 2. The zero-order chi connectivity index (χ0) is 25.4. The van der Waals surface area contributed by atoms with Gasteiger partial charge in [-0.1, -0.05) is 30.7 Å². The average molecular weight is 494 g/mol. The molecule has 1 N–H and O–H groups in total. The molecule has 2 heterocycles. The van der Waals surface area contributed by atoms with Crippen LogP contribution in [0.5, 0.6) is 0 Å². The van der Waals surface area contributed by atoms with Gasteiger partial charge in [-0.3, -0.25) is 9.89 Å². The van der Waals surface area contributed by atoms with Crippen molar-refractivity contribution in [2.75, 3.05) is 13.1 Å². The van der Waals surface area contributed by atoms with Crippen molar-refractivity contribution in [3.05, 3.63) is 70.0 Å². The fraction of sp³-hybridized carbons (Fsp3) is 0.407. The van der Waals surface area contributed by atoms with Gasteiger partial charge in [-0.15, -0.1) is 0 Å². The van der Waals surface area contributed by atoms with Gasteiger partial charge in [0.1, 0.15) is 5.67 Å². The number of nitrogens with zero attached hydrogens (tertiary/aromatic N) is 4. The molecule has 0 unspecified atom stereocenters. The van der Waals surface area contributed by atoms with Crippen molar-refractivity contribution in [2.24, 2.45) is 0 Å². The lowest BCUT2D eigenvalue weighted by molar-refractivity contribution is 0.0420. The molecule has 9 heteroatoms. The van der Waals surface area contributed by atoms with Gasteiger partial charge in [0, 0.05) is 42.6 Å². The van der Waals surface area contributed by atoms with E-state index in [1.165, 1.54) is 0 Å². The molecule has 1 aliphatic carbocycles. The first-order chi connectivity index (χ1) is 17.3. The summed E-state index contributed by atoms with van der Waals surface area (Å²) < 4.78 is 42.1. The number of alkyl halides is 3. The van der Waals surface area contributed by atoms with Crippen LogP contribution in [0.4, 0.5) is 13.2 Å². The van der Waals surface area contributed by atoms with Crippen LogP contribution in [0.15, 0.2) is 36.4 Å². The van der Waals surface area contributed by atoms with E-state index in [1.54, 1.807) is 35.2 Å². The molecule has 2 aliphatic rings. The summed E-state index contributed by atoms with van der Waals surface area (Å²) in [6, 6.07) is 12.4. The number of likely N-dealkylation sites (tertiary alicyclic amines) is 1. The summed E-state index contributed by atoms with van der Waals surface area (Å²) in [5.41, 5.74) is 1.75. The summed E-state index contributed by atoms with van der Waals surface area (Å²) in [7, 11) is 0. The Bertz CT molecular complexity index is 1330. The molecule has 3 aromatic rings. The molecule has 2 aromatic carbocycles. The quantitative estimate of drug-likeness (QED) is 0.475. The summed E-state index contributed by atoms with van der Waals surface area (Å²) in [5, 5.41) is 15.7. The van der Waals surface area contributed by atoms with E-state index in [0.29, 0.717) is 22.3 Å². The maximum atomic E-state index is 15.8. The predicted molar refractivity (Wildman–Crippen MR) is 127 cm³/mol. The fourth-order valence-electron chi connectivity index (χ4n) is 5.18. The van der Waals surface area contributed by atoms with Crippen molar-refractivity contribution in [2.45, 2.75) is 57.0 Å². The van der Waals surface area contributed by atoms with E-state index in [-0.39, 0.29) is 43.6 Å². The number of piperidine rings is 1. The third-order valence-corrected chi connectivity index (χ3v) is 7.50. The van der Waals surface area contributed by atoms with E-state index in [9.17, 15) is 18.8 Å². The SMILES string of the molecule is Cc1cc(C2CCC2)c(-c2n[nH]c(C(F)F)n2)cc1C(=O)N1CCC(F)(c2ccccc2C#N)CC1. The minimum absolute atomic E-state index is 0.0855. The van der Waals surface area contributed by atoms with Gasteiger partial charge in [0.2, 0.25) is 0 Å². The first-order valence-electron chi connectivity index (χ1n) is 12.1. The van der Waals surface area contributed by atoms with E-state index >= 15 is 4.39 Å². The molecule has 0 atom stereocenters. The average Bonchev–Trinajstić information content (AvgIpc) is 3.34. The minimum atomic E-state index is -2.77. The Labute approximate surface area is 207 Å². The largest absolute Gasteiger partial charge is 0.338 e. The maximum absolute atomic E-state index is 15.8. The predicted octanol–water partition coefficient (Wildman–Crippen LogP) is 5.96. The molecule has 5 rings (SSSR count). The number of nitriles is 1. The fourth-order valence-corrected chi connectivity index (χ4v) is 5.18. The summed E-state index contributed by atoms with van der Waals surface area (Å²) >= 11 is 0. The van der Waals surface area contributed by atoms with Crippen LogP contribution in [0.2, 0.25) is 0 Å². The summed E-state index contributed by atoms with van der Waals surface area (Å²) in [6.07, 6.45) is 0.463.